The number of hydrogen-bond donors (Lipinski definition) is 1. The Balaban J connectivity index is 2.03. The van der Waals surface area contributed by atoms with Crippen LogP contribution >= 0.6 is 0 Å². The number of hydrogen-bond acceptors (Lipinski definition) is 7. The molecule has 176 valence electrons. The SMILES string of the molecule is C=CCc1cc(/C=C2/C(=O)NC(=O)N(c3ccc(C)cc3)C2=O)cc(OC)c1OCC(=O)OC. The van der Waals surface area contributed by atoms with Gasteiger partial charge < -0.3 is 14.2 Å². The quantitative estimate of drug-likeness (QED) is 0.277. The molecule has 0 atom stereocenters. The standard InChI is InChI=1S/C25H24N2O7/c1-5-6-17-11-16(13-20(32-3)22(17)34-14-21(28)33-4)12-19-23(29)26-25(31)27(24(19)30)18-9-7-15(2)8-10-18/h5,7-13H,1,6,14H2,2-4H3,(H,26,29,31)/b19-12-. The molecule has 1 N–H and O–H groups in total. The Hall–Kier alpha value is -4.40. The van der Waals surface area contributed by atoms with Crippen LogP contribution in [0.5, 0.6) is 11.5 Å². The molecule has 2 aromatic rings. The van der Waals surface area contributed by atoms with E-state index in [9.17, 15) is 19.2 Å². The van der Waals surface area contributed by atoms with Gasteiger partial charge in [0.15, 0.2) is 18.1 Å². The average molecular weight is 464 g/mol. The molecule has 1 aliphatic rings. The van der Waals surface area contributed by atoms with Crippen LogP contribution in [-0.4, -0.2) is 44.6 Å². The van der Waals surface area contributed by atoms with Crippen LogP contribution in [0.15, 0.2) is 54.6 Å². The Labute approximate surface area is 196 Å². The molecule has 1 aliphatic heterocycles. The van der Waals surface area contributed by atoms with Gasteiger partial charge in [0.05, 0.1) is 19.9 Å². The first-order valence-corrected chi connectivity index (χ1v) is 10.3. The lowest BCUT2D eigenvalue weighted by atomic mass is 10.0. The number of rotatable bonds is 8. The van der Waals surface area contributed by atoms with E-state index in [4.69, 9.17) is 9.47 Å². The molecular formula is C25H24N2O7. The lowest BCUT2D eigenvalue weighted by Gasteiger charge is -2.26. The third-order valence-electron chi connectivity index (χ3n) is 5.01. The molecule has 0 saturated carbocycles. The summed E-state index contributed by atoms with van der Waals surface area (Å²) >= 11 is 0. The number of nitrogens with one attached hydrogen (secondary N) is 1. The highest BCUT2D eigenvalue weighted by Gasteiger charge is 2.36. The van der Waals surface area contributed by atoms with Crippen molar-refractivity contribution >= 4 is 35.6 Å². The molecule has 0 aliphatic carbocycles. The highest BCUT2D eigenvalue weighted by molar-refractivity contribution is 6.39. The van der Waals surface area contributed by atoms with Gasteiger partial charge in [-0.2, -0.15) is 0 Å². The number of anilines is 1. The molecule has 1 fully saturated rings. The van der Waals surface area contributed by atoms with Gasteiger partial charge in [-0.3, -0.25) is 14.9 Å². The lowest BCUT2D eigenvalue weighted by Crippen LogP contribution is -2.54. The molecule has 4 amide bonds. The summed E-state index contributed by atoms with van der Waals surface area (Å²) in [5.74, 6) is -1.54. The number of imide groups is 2. The summed E-state index contributed by atoms with van der Waals surface area (Å²) in [7, 11) is 2.67. The Morgan fingerprint density at radius 1 is 1.12 bits per heavy atom. The summed E-state index contributed by atoms with van der Waals surface area (Å²) in [5, 5.41) is 2.20. The van der Waals surface area contributed by atoms with Crippen LogP contribution < -0.4 is 19.7 Å². The Kier molecular flexibility index (Phi) is 7.47. The summed E-state index contributed by atoms with van der Waals surface area (Å²) in [6.45, 7) is 5.28. The highest BCUT2D eigenvalue weighted by Crippen LogP contribution is 2.35. The summed E-state index contributed by atoms with van der Waals surface area (Å²) in [6, 6.07) is 9.17. The van der Waals surface area contributed by atoms with E-state index in [1.54, 1.807) is 42.5 Å². The number of carbonyl (C=O) groups is 4. The molecule has 0 radical (unpaired) electrons. The molecule has 1 heterocycles. The van der Waals surface area contributed by atoms with Crippen molar-refractivity contribution in [3.63, 3.8) is 0 Å². The molecule has 3 rings (SSSR count). The van der Waals surface area contributed by atoms with Gasteiger partial charge in [0.1, 0.15) is 5.57 Å². The van der Waals surface area contributed by atoms with Crippen molar-refractivity contribution in [2.75, 3.05) is 25.7 Å². The van der Waals surface area contributed by atoms with Crippen molar-refractivity contribution < 1.29 is 33.4 Å². The van der Waals surface area contributed by atoms with Gasteiger partial charge in [0.25, 0.3) is 11.8 Å². The van der Waals surface area contributed by atoms with Crippen LogP contribution in [0.3, 0.4) is 0 Å². The maximum atomic E-state index is 13.1. The molecule has 0 spiro atoms. The third-order valence-corrected chi connectivity index (χ3v) is 5.01. The fraction of sp³-hybridized carbons (Fsp3) is 0.200. The first-order chi connectivity index (χ1) is 16.3. The first kappa shape index (κ1) is 24.2. The predicted molar refractivity (Wildman–Crippen MR) is 125 cm³/mol. The van der Waals surface area contributed by atoms with Gasteiger partial charge in [0.2, 0.25) is 0 Å². The van der Waals surface area contributed by atoms with Crippen molar-refractivity contribution in [1.29, 1.82) is 0 Å². The van der Waals surface area contributed by atoms with Gasteiger partial charge in [-0.05, 0) is 49.2 Å². The smallest absolute Gasteiger partial charge is 0.343 e. The van der Waals surface area contributed by atoms with E-state index < -0.39 is 23.8 Å². The number of nitrogens with zero attached hydrogens (tertiary/aromatic N) is 1. The first-order valence-electron chi connectivity index (χ1n) is 10.3. The number of methoxy groups -OCH3 is 2. The Morgan fingerprint density at radius 3 is 2.44 bits per heavy atom. The number of barbiturate groups is 1. The maximum absolute atomic E-state index is 13.1. The number of carbonyl (C=O) groups excluding carboxylic acids is 4. The van der Waals surface area contributed by atoms with Gasteiger partial charge in [-0.1, -0.05) is 23.8 Å². The van der Waals surface area contributed by atoms with E-state index in [1.165, 1.54) is 20.3 Å². The number of allylic oxidation sites excluding steroid dienone is 1. The molecular weight excluding hydrogens is 440 g/mol. The van der Waals surface area contributed by atoms with Crippen LogP contribution in [-0.2, 0) is 25.5 Å². The highest BCUT2D eigenvalue weighted by atomic mass is 16.6. The maximum Gasteiger partial charge on any atom is 0.343 e. The number of amides is 4. The monoisotopic (exact) mass is 464 g/mol. The van der Waals surface area contributed by atoms with Crippen molar-refractivity contribution in [3.05, 3.63) is 71.3 Å². The Morgan fingerprint density at radius 2 is 1.82 bits per heavy atom. The van der Waals surface area contributed by atoms with Gasteiger partial charge in [-0.25, -0.2) is 14.5 Å². The number of benzene rings is 2. The zero-order chi connectivity index (χ0) is 24.8. The second-order valence-corrected chi connectivity index (χ2v) is 7.36. The van der Waals surface area contributed by atoms with Gasteiger partial charge >= 0.3 is 12.0 Å². The molecule has 0 bridgehead atoms. The van der Waals surface area contributed by atoms with Crippen LogP contribution in [0, 0.1) is 6.92 Å². The number of urea groups is 1. The number of aryl methyl sites for hydroxylation is 1. The van der Waals surface area contributed by atoms with Crippen LogP contribution in [0.4, 0.5) is 10.5 Å². The van der Waals surface area contributed by atoms with Crippen LogP contribution in [0.25, 0.3) is 6.08 Å². The minimum Gasteiger partial charge on any atom is -0.493 e. The van der Waals surface area contributed by atoms with Crippen molar-refractivity contribution in [2.45, 2.75) is 13.3 Å². The minimum absolute atomic E-state index is 0.227. The van der Waals surface area contributed by atoms with Crippen molar-refractivity contribution in [1.82, 2.24) is 5.32 Å². The topological polar surface area (TPSA) is 111 Å². The molecule has 9 heteroatoms. The van der Waals surface area contributed by atoms with Crippen LogP contribution in [0.2, 0.25) is 0 Å². The average Bonchev–Trinajstić information content (AvgIpc) is 2.81. The third kappa shape index (κ3) is 5.15. The van der Waals surface area contributed by atoms with Gasteiger partial charge in [0, 0.05) is 5.56 Å². The van der Waals surface area contributed by atoms with E-state index in [1.807, 2.05) is 6.92 Å². The van der Waals surface area contributed by atoms with Crippen molar-refractivity contribution in [3.8, 4) is 11.5 Å². The van der Waals surface area contributed by atoms with E-state index in [0.29, 0.717) is 29.0 Å². The Bertz CT molecular complexity index is 1180. The number of ether oxygens (including phenoxy) is 3. The summed E-state index contributed by atoms with van der Waals surface area (Å²) in [5.41, 5.74) is 2.13. The fourth-order valence-corrected chi connectivity index (χ4v) is 3.33. The second-order valence-electron chi connectivity index (χ2n) is 7.36. The van der Waals surface area contributed by atoms with Gasteiger partial charge in [-0.15, -0.1) is 6.58 Å². The molecule has 0 unspecified atom stereocenters. The predicted octanol–water partition coefficient (Wildman–Crippen LogP) is 2.95. The van der Waals surface area contributed by atoms with E-state index in [2.05, 4.69) is 16.6 Å². The lowest BCUT2D eigenvalue weighted by molar-refractivity contribution is -0.143. The zero-order valence-electron chi connectivity index (χ0n) is 19.0. The van der Waals surface area contributed by atoms with E-state index in [0.717, 1.165) is 10.5 Å². The fourth-order valence-electron chi connectivity index (χ4n) is 3.33. The number of esters is 1. The minimum atomic E-state index is -0.826. The summed E-state index contributed by atoms with van der Waals surface area (Å²) in [4.78, 5) is 50.5. The summed E-state index contributed by atoms with van der Waals surface area (Å²) in [6.07, 6.45) is 3.36. The molecule has 34 heavy (non-hydrogen) atoms. The normalized spacial score (nSPS) is 14.6. The molecule has 0 aromatic heterocycles. The zero-order valence-corrected chi connectivity index (χ0v) is 19.0. The molecule has 1 saturated heterocycles. The molecule has 9 nitrogen and oxygen atoms in total. The van der Waals surface area contributed by atoms with E-state index in [-0.39, 0.29) is 17.9 Å². The van der Waals surface area contributed by atoms with Crippen molar-refractivity contribution in [2.24, 2.45) is 0 Å². The van der Waals surface area contributed by atoms with E-state index >= 15 is 0 Å². The second kappa shape index (κ2) is 10.5. The summed E-state index contributed by atoms with van der Waals surface area (Å²) < 4.78 is 15.6. The molecule has 2 aromatic carbocycles. The largest absolute Gasteiger partial charge is 0.493 e. The van der Waals surface area contributed by atoms with Crippen LogP contribution in [0.1, 0.15) is 16.7 Å².